The highest BCUT2D eigenvalue weighted by atomic mass is 32.1. The molecule has 0 aliphatic heterocycles. The van der Waals surface area contributed by atoms with Crippen LogP contribution in [-0.2, 0) is 0 Å². The van der Waals surface area contributed by atoms with Crippen LogP contribution in [0.15, 0.2) is 83.8 Å². The van der Waals surface area contributed by atoms with Gasteiger partial charge in [-0.2, -0.15) is 0 Å². The van der Waals surface area contributed by atoms with Gasteiger partial charge < -0.3 is 9.40 Å². The Morgan fingerprint density at radius 1 is 0.815 bits per heavy atom. The van der Waals surface area contributed by atoms with Crippen molar-refractivity contribution in [3.63, 3.8) is 0 Å². The fourth-order valence-corrected chi connectivity index (χ4v) is 2.94. The SMILES string of the molecule is c1cc2ncoc2cn1.c1cc2ncsc2cn1.c1ccc2[nH]cnc2c1. The fraction of sp³-hybridized carbons (Fsp3) is 0. The Morgan fingerprint density at radius 3 is 2.52 bits per heavy atom. The number of pyridine rings is 2. The number of H-pyrrole nitrogens is 1. The zero-order valence-electron chi connectivity index (χ0n) is 14.1. The Balaban J connectivity index is 0.0000001000. The Labute approximate surface area is 157 Å². The summed E-state index contributed by atoms with van der Waals surface area (Å²) in [6.45, 7) is 0. The Bertz CT molecular complexity index is 1010. The van der Waals surface area contributed by atoms with Crippen molar-refractivity contribution in [1.29, 1.82) is 0 Å². The van der Waals surface area contributed by atoms with Gasteiger partial charge in [-0.15, -0.1) is 11.3 Å². The molecule has 5 aromatic heterocycles. The molecule has 0 fully saturated rings. The number of aromatic amines is 1. The summed E-state index contributed by atoms with van der Waals surface area (Å²) in [7, 11) is 0. The first-order valence-corrected chi connectivity index (χ1v) is 8.92. The second-order valence-electron chi connectivity index (χ2n) is 5.31. The normalized spacial score (nSPS) is 10.2. The van der Waals surface area contributed by atoms with E-state index in [0.717, 1.165) is 32.3 Å². The molecule has 1 aromatic carbocycles. The molecule has 0 bridgehead atoms. The minimum atomic E-state index is 0.734. The van der Waals surface area contributed by atoms with Crippen LogP contribution < -0.4 is 0 Å². The summed E-state index contributed by atoms with van der Waals surface area (Å²) in [6, 6.07) is 11.7. The van der Waals surface area contributed by atoms with E-state index in [0.29, 0.717) is 0 Å². The predicted octanol–water partition coefficient (Wildman–Crippen LogP) is 4.48. The van der Waals surface area contributed by atoms with Gasteiger partial charge in [0.15, 0.2) is 12.0 Å². The van der Waals surface area contributed by atoms with Crippen LogP contribution in [0.2, 0.25) is 0 Å². The lowest BCUT2D eigenvalue weighted by atomic mass is 10.3. The maximum Gasteiger partial charge on any atom is 0.182 e. The van der Waals surface area contributed by atoms with Crippen molar-refractivity contribution < 1.29 is 4.42 Å². The van der Waals surface area contributed by atoms with Gasteiger partial charge in [-0.05, 0) is 24.3 Å². The monoisotopic (exact) mass is 374 g/mol. The molecule has 8 heteroatoms. The molecule has 132 valence electrons. The summed E-state index contributed by atoms with van der Waals surface area (Å²) in [6.07, 6.45) is 10.0. The molecule has 27 heavy (non-hydrogen) atoms. The van der Waals surface area contributed by atoms with Crippen molar-refractivity contribution in [2.24, 2.45) is 0 Å². The highest BCUT2D eigenvalue weighted by Gasteiger charge is 1.92. The third kappa shape index (κ3) is 4.13. The lowest BCUT2D eigenvalue weighted by Crippen LogP contribution is -1.67. The first-order valence-electron chi connectivity index (χ1n) is 8.05. The van der Waals surface area contributed by atoms with Gasteiger partial charge in [0.1, 0.15) is 5.52 Å². The van der Waals surface area contributed by atoms with Crippen LogP contribution in [0.3, 0.4) is 0 Å². The largest absolute Gasteiger partial charge is 0.442 e. The Morgan fingerprint density at radius 2 is 1.67 bits per heavy atom. The second kappa shape index (κ2) is 8.15. The van der Waals surface area contributed by atoms with Gasteiger partial charge >= 0.3 is 0 Å². The molecule has 1 N–H and O–H groups in total. The fourth-order valence-electron chi connectivity index (χ4n) is 2.30. The van der Waals surface area contributed by atoms with Crippen LogP contribution in [0, 0.1) is 0 Å². The average molecular weight is 374 g/mol. The molecule has 0 aliphatic rings. The van der Waals surface area contributed by atoms with Gasteiger partial charge in [0.2, 0.25) is 0 Å². The molecule has 5 heterocycles. The molecule has 0 spiro atoms. The number of rotatable bonds is 0. The number of hydrogen-bond acceptors (Lipinski definition) is 7. The highest BCUT2D eigenvalue weighted by Crippen LogP contribution is 2.14. The number of nitrogens with zero attached hydrogens (tertiary/aromatic N) is 5. The van der Waals surface area contributed by atoms with E-state index in [4.69, 9.17) is 4.42 Å². The Kier molecular flexibility index (Phi) is 5.07. The third-order valence-corrected chi connectivity index (χ3v) is 4.38. The van der Waals surface area contributed by atoms with E-state index in [1.54, 1.807) is 42.3 Å². The van der Waals surface area contributed by atoms with Crippen LogP contribution in [0.4, 0.5) is 0 Å². The van der Waals surface area contributed by atoms with Crippen LogP contribution in [0.5, 0.6) is 0 Å². The van der Waals surface area contributed by atoms with E-state index in [1.807, 2.05) is 42.0 Å². The van der Waals surface area contributed by atoms with E-state index >= 15 is 0 Å². The summed E-state index contributed by atoms with van der Waals surface area (Å²) in [5.74, 6) is 0. The number of nitrogens with one attached hydrogen (secondary N) is 1. The van der Waals surface area contributed by atoms with E-state index in [9.17, 15) is 0 Å². The third-order valence-electron chi connectivity index (χ3n) is 3.60. The highest BCUT2D eigenvalue weighted by molar-refractivity contribution is 7.16. The first kappa shape index (κ1) is 16.8. The smallest absolute Gasteiger partial charge is 0.182 e. The zero-order chi connectivity index (χ0) is 18.3. The van der Waals surface area contributed by atoms with Crippen molar-refractivity contribution in [2.45, 2.75) is 0 Å². The van der Waals surface area contributed by atoms with E-state index < -0.39 is 0 Å². The standard InChI is InChI=1S/C7H6N2.C6H4N2O.C6H4N2S/c1-2-4-7-6(3-1)8-5-9-7;2*1-2-7-3-6-5(1)8-4-9-6/h1-5H,(H,8,9);2*1-4H. The molecule has 0 saturated heterocycles. The van der Waals surface area contributed by atoms with Crippen molar-refractivity contribution in [1.82, 2.24) is 29.9 Å². The van der Waals surface area contributed by atoms with Crippen LogP contribution in [0.1, 0.15) is 0 Å². The van der Waals surface area contributed by atoms with Gasteiger partial charge in [-0.1, -0.05) is 12.1 Å². The minimum Gasteiger partial charge on any atom is -0.442 e. The number of benzene rings is 1. The zero-order valence-corrected chi connectivity index (χ0v) is 14.9. The molecule has 0 atom stereocenters. The molecule has 0 radical (unpaired) electrons. The molecule has 7 nitrogen and oxygen atoms in total. The lowest BCUT2D eigenvalue weighted by molar-refractivity contribution is 0.601. The van der Waals surface area contributed by atoms with E-state index in [1.165, 1.54) is 6.39 Å². The van der Waals surface area contributed by atoms with Crippen molar-refractivity contribution in [3.8, 4) is 0 Å². The molecule has 6 aromatic rings. The Hall–Kier alpha value is -3.65. The molecule has 6 rings (SSSR count). The van der Waals surface area contributed by atoms with E-state index in [-0.39, 0.29) is 0 Å². The van der Waals surface area contributed by atoms with Crippen LogP contribution in [-0.4, -0.2) is 29.9 Å². The molecular formula is C19H14N6OS. The summed E-state index contributed by atoms with van der Waals surface area (Å²) in [5, 5.41) is 0. The number of thiazole rings is 1. The summed E-state index contributed by atoms with van der Waals surface area (Å²) in [5.41, 5.74) is 6.57. The topological polar surface area (TPSA) is 93.4 Å². The van der Waals surface area contributed by atoms with Crippen molar-refractivity contribution >= 4 is 43.7 Å². The number of para-hydroxylation sites is 2. The molecule has 0 unspecified atom stereocenters. The lowest BCUT2D eigenvalue weighted by Gasteiger charge is -1.81. The second-order valence-corrected chi connectivity index (χ2v) is 6.20. The van der Waals surface area contributed by atoms with Crippen molar-refractivity contribution in [3.05, 3.63) is 79.4 Å². The summed E-state index contributed by atoms with van der Waals surface area (Å²) in [4.78, 5) is 22.9. The number of hydrogen-bond donors (Lipinski definition) is 1. The van der Waals surface area contributed by atoms with E-state index in [2.05, 4.69) is 29.9 Å². The molecule has 0 saturated carbocycles. The summed E-state index contributed by atoms with van der Waals surface area (Å²) < 4.78 is 6.09. The maximum atomic E-state index is 4.94. The predicted molar refractivity (Wildman–Crippen MR) is 105 cm³/mol. The molecular weight excluding hydrogens is 360 g/mol. The maximum absolute atomic E-state index is 4.94. The van der Waals surface area contributed by atoms with Crippen LogP contribution >= 0.6 is 11.3 Å². The quantitative estimate of drug-likeness (QED) is 0.421. The molecule has 0 amide bonds. The number of aromatic nitrogens is 6. The van der Waals surface area contributed by atoms with Gasteiger partial charge in [0.05, 0.1) is 39.3 Å². The molecule has 0 aliphatic carbocycles. The first-order chi connectivity index (χ1) is 13.4. The summed E-state index contributed by atoms with van der Waals surface area (Å²) >= 11 is 1.61. The van der Waals surface area contributed by atoms with Gasteiger partial charge in [0.25, 0.3) is 0 Å². The minimum absolute atomic E-state index is 0.734. The van der Waals surface area contributed by atoms with Crippen LogP contribution in [0.25, 0.3) is 32.3 Å². The van der Waals surface area contributed by atoms with Gasteiger partial charge in [-0.3, -0.25) is 9.97 Å². The number of imidazole rings is 1. The number of fused-ring (bicyclic) bond motifs is 3. The van der Waals surface area contributed by atoms with Gasteiger partial charge in [-0.25, -0.2) is 15.0 Å². The number of oxazole rings is 1. The van der Waals surface area contributed by atoms with Crippen molar-refractivity contribution in [2.75, 3.05) is 0 Å². The average Bonchev–Trinajstić information content (AvgIpc) is 3.48. The van der Waals surface area contributed by atoms with Gasteiger partial charge in [0, 0.05) is 18.6 Å².